The minimum Gasteiger partial charge on any atom is -0.444 e. The van der Waals surface area contributed by atoms with Gasteiger partial charge in [0.1, 0.15) is 11.4 Å². The molecule has 0 saturated carbocycles. The molecule has 1 N–H and O–H groups in total. The first-order valence-corrected chi connectivity index (χ1v) is 9.42. The third-order valence-electron chi connectivity index (χ3n) is 4.62. The highest BCUT2D eigenvalue weighted by Crippen LogP contribution is 2.39. The van der Waals surface area contributed by atoms with E-state index in [2.05, 4.69) is 6.58 Å². The van der Waals surface area contributed by atoms with Crippen molar-refractivity contribution in [3.63, 3.8) is 0 Å². The number of halogens is 1. The average molecular weight is 368 g/mol. The van der Waals surface area contributed by atoms with E-state index in [0.29, 0.717) is 31.5 Å². The predicted octanol–water partition coefficient (Wildman–Crippen LogP) is 5.15. The second-order valence-electron chi connectivity index (χ2n) is 8.09. The van der Waals surface area contributed by atoms with Gasteiger partial charge in [-0.05, 0) is 63.9 Å². The lowest BCUT2D eigenvalue weighted by atomic mass is 9.76. The molecule has 0 aromatic carbocycles. The molecule has 1 rings (SSSR count). The number of amides is 1. The normalized spacial score (nSPS) is 22.4. The molecule has 1 fully saturated rings. The Labute approximate surface area is 157 Å². The number of aliphatic hydroxyl groups is 1. The summed E-state index contributed by atoms with van der Waals surface area (Å²) < 4.78 is 19.3. The molecule has 0 radical (unpaired) electrons. The van der Waals surface area contributed by atoms with Crippen LogP contribution in [0.25, 0.3) is 0 Å². The molecule has 4 nitrogen and oxygen atoms in total. The standard InChI is InChI=1S/C21H34FNO3/c1-6-7-8-10-18(17(2)22)15-21(16-24)11-9-13-23(14-12-21)19(25)26-20(3,4)5/h7-8,10,24H,2,6,9,11-16H2,1,3-5H3. The fourth-order valence-electron chi connectivity index (χ4n) is 3.12. The van der Waals surface area contributed by atoms with Gasteiger partial charge >= 0.3 is 6.09 Å². The lowest BCUT2D eigenvalue weighted by Gasteiger charge is -2.32. The second-order valence-corrected chi connectivity index (χ2v) is 8.09. The van der Waals surface area contributed by atoms with Crippen LogP contribution in [0, 0.1) is 5.41 Å². The number of carbonyl (C=O) groups is 1. The van der Waals surface area contributed by atoms with E-state index in [-0.39, 0.29) is 12.7 Å². The molecule has 1 atom stereocenters. The summed E-state index contributed by atoms with van der Waals surface area (Å²) in [6.07, 6.45) is 8.54. The van der Waals surface area contributed by atoms with Crippen molar-refractivity contribution in [2.75, 3.05) is 19.7 Å². The number of nitrogens with zero attached hydrogens (tertiary/aromatic N) is 1. The molecule has 1 saturated heterocycles. The molecule has 5 heteroatoms. The number of hydrogen-bond acceptors (Lipinski definition) is 3. The van der Waals surface area contributed by atoms with Crippen LogP contribution in [-0.2, 0) is 4.74 Å². The Kier molecular flexibility index (Phi) is 8.54. The Hall–Kier alpha value is -1.62. The molecule has 0 aromatic rings. The van der Waals surface area contributed by atoms with Crippen LogP contribution < -0.4 is 0 Å². The number of ether oxygens (including phenoxy) is 1. The van der Waals surface area contributed by atoms with Gasteiger partial charge in [0.2, 0.25) is 0 Å². The number of likely N-dealkylation sites (tertiary alicyclic amines) is 1. The van der Waals surface area contributed by atoms with Crippen molar-refractivity contribution < 1.29 is 19.0 Å². The lowest BCUT2D eigenvalue weighted by Crippen LogP contribution is -2.38. The topological polar surface area (TPSA) is 49.8 Å². The van der Waals surface area contributed by atoms with Crippen LogP contribution in [-0.4, -0.2) is 41.4 Å². The highest BCUT2D eigenvalue weighted by molar-refractivity contribution is 5.68. The van der Waals surface area contributed by atoms with E-state index in [0.717, 1.165) is 19.3 Å². The second kappa shape index (κ2) is 9.91. The molecule has 26 heavy (non-hydrogen) atoms. The van der Waals surface area contributed by atoms with E-state index in [4.69, 9.17) is 4.74 Å². The molecular weight excluding hydrogens is 333 g/mol. The van der Waals surface area contributed by atoms with Gasteiger partial charge in [0.05, 0.1) is 0 Å². The van der Waals surface area contributed by atoms with Crippen molar-refractivity contribution in [3.8, 4) is 0 Å². The number of carbonyl (C=O) groups excluding carboxylic acids is 1. The van der Waals surface area contributed by atoms with Crippen LogP contribution in [0.4, 0.5) is 9.18 Å². The van der Waals surface area contributed by atoms with Crippen LogP contribution >= 0.6 is 0 Å². The minimum atomic E-state index is -0.537. The summed E-state index contributed by atoms with van der Waals surface area (Å²) >= 11 is 0. The smallest absolute Gasteiger partial charge is 0.410 e. The Morgan fingerprint density at radius 1 is 1.35 bits per heavy atom. The molecule has 1 heterocycles. The number of hydrogen-bond donors (Lipinski definition) is 1. The molecule has 0 aromatic heterocycles. The largest absolute Gasteiger partial charge is 0.444 e. The molecule has 1 amide bonds. The van der Waals surface area contributed by atoms with Crippen molar-refractivity contribution >= 4 is 6.09 Å². The third kappa shape index (κ3) is 7.32. The third-order valence-corrected chi connectivity index (χ3v) is 4.62. The Morgan fingerprint density at radius 3 is 2.58 bits per heavy atom. The highest BCUT2D eigenvalue weighted by atomic mass is 19.1. The monoisotopic (exact) mass is 367 g/mol. The lowest BCUT2D eigenvalue weighted by molar-refractivity contribution is 0.0243. The maximum Gasteiger partial charge on any atom is 0.410 e. The van der Waals surface area contributed by atoms with Crippen molar-refractivity contribution in [2.45, 2.75) is 65.4 Å². The molecule has 0 spiro atoms. The van der Waals surface area contributed by atoms with E-state index in [1.165, 1.54) is 0 Å². The van der Waals surface area contributed by atoms with Crippen LogP contribution in [0.2, 0.25) is 0 Å². The van der Waals surface area contributed by atoms with Gasteiger partial charge in [0.15, 0.2) is 0 Å². The van der Waals surface area contributed by atoms with E-state index in [1.807, 2.05) is 39.8 Å². The zero-order chi connectivity index (χ0) is 19.8. The fourth-order valence-corrected chi connectivity index (χ4v) is 3.12. The number of allylic oxidation sites excluding steroid dienone is 5. The summed E-state index contributed by atoms with van der Waals surface area (Å²) in [4.78, 5) is 14.0. The van der Waals surface area contributed by atoms with E-state index >= 15 is 0 Å². The van der Waals surface area contributed by atoms with Crippen molar-refractivity contribution in [2.24, 2.45) is 5.41 Å². The molecule has 148 valence electrons. The summed E-state index contributed by atoms with van der Waals surface area (Å²) in [6, 6.07) is 0. The highest BCUT2D eigenvalue weighted by Gasteiger charge is 2.35. The molecule has 1 aliphatic heterocycles. The van der Waals surface area contributed by atoms with Crippen LogP contribution in [0.3, 0.4) is 0 Å². The average Bonchev–Trinajstić information content (AvgIpc) is 2.75. The zero-order valence-electron chi connectivity index (χ0n) is 16.7. The van der Waals surface area contributed by atoms with E-state index in [1.54, 1.807) is 11.0 Å². The van der Waals surface area contributed by atoms with Crippen molar-refractivity contribution in [3.05, 3.63) is 36.2 Å². The molecule has 0 aliphatic carbocycles. The van der Waals surface area contributed by atoms with Gasteiger partial charge < -0.3 is 14.7 Å². The van der Waals surface area contributed by atoms with Crippen molar-refractivity contribution in [1.82, 2.24) is 4.90 Å². The molecule has 0 bridgehead atoms. The quantitative estimate of drug-likeness (QED) is 0.660. The predicted molar refractivity (Wildman–Crippen MR) is 104 cm³/mol. The van der Waals surface area contributed by atoms with Gasteiger partial charge in [-0.25, -0.2) is 9.18 Å². The number of rotatable bonds is 6. The maximum absolute atomic E-state index is 13.9. The summed E-state index contributed by atoms with van der Waals surface area (Å²) in [5, 5.41) is 10.0. The Morgan fingerprint density at radius 2 is 2.04 bits per heavy atom. The number of aliphatic hydroxyl groups excluding tert-OH is 1. The first-order valence-electron chi connectivity index (χ1n) is 9.42. The summed E-state index contributed by atoms with van der Waals surface area (Å²) in [7, 11) is 0. The minimum absolute atomic E-state index is 0.0444. The van der Waals surface area contributed by atoms with Gasteiger partial charge in [-0.2, -0.15) is 0 Å². The maximum atomic E-state index is 13.9. The SMILES string of the molecule is C=C(F)C(=CC=CCC)CC1(CO)CCCN(C(=O)OC(C)(C)C)CC1. The molecule has 1 aliphatic rings. The Bertz CT molecular complexity index is 548. The first-order chi connectivity index (χ1) is 12.1. The van der Waals surface area contributed by atoms with Gasteiger partial charge in [-0.1, -0.05) is 31.7 Å². The van der Waals surface area contributed by atoms with E-state index in [9.17, 15) is 14.3 Å². The van der Waals surface area contributed by atoms with Crippen LogP contribution in [0.1, 0.15) is 59.8 Å². The molecule has 1 unspecified atom stereocenters. The summed E-state index contributed by atoms with van der Waals surface area (Å²) in [6.45, 7) is 12.0. The van der Waals surface area contributed by atoms with Crippen LogP contribution in [0.5, 0.6) is 0 Å². The summed E-state index contributed by atoms with van der Waals surface area (Å²) in [5.41, 5.74) is -0.475. The first kappa shape index (κ1) is 22.4. The van der Waals surface area contributed by atoms with Gasteiger partial charge in [-0.3, -0.25) is 0 Å². The zero-order valence-corrected chi connectivity index (χ0v) is 16.7. The Balaban J connectivity index is 2.86. The van der Waals surface area contributed by atoms with Gasteiger partial charge in [-0.15, -0.1) is 0 Å². The van der Waals surface area contributed by atoms with E-state index < -0.39 is 16.8 Å². The van der Waals surface area contributed by atoms with Gasteiger partial charge in [0, 0.05) is 19.7 Å². The van der Waals surface area contributed by atoms with Gasteiger partial charge in [0.25, 0.3) is 0 Å². The van der Waals surface area contributed by atoms with Crippen molar-refractivity contribution in [1.29, 1.82) is 0 Å². The fraction of sp³-hybridized carbons (Fsp3) is 0.667. The summed E-state index contributed by atoms with van der Waals surface area (Å²) in [5.74, 6) is -0.466. The van der Waals surface area contributed by atoms with Crippen LogP contribution in [0.15, 0.2) is 36.2 Å². The molecular formula is C21H34FNO3.